The lowest BCUT2D eigenvalue weighted by atomic mass is 9.95. The number of carbonyl (C=O) groups is 2. The number of carbonyl (C=O) groups excluding carboxylic acids is 2. The number of piperidine rings is 1. The van der Waals surface area contributed by atoms with Crippen molar-refractivity contribution in [2.75, 3.05) is 26.7 Å². The summed E-state index contributed by atoms with van der Waals surface area (Å²) in [5, 5.41) is 0. The number of likely N-dealkylation sites (N-methyl/N-ethyl adjacent to an activating group) is 1. The third kappa shape index (κ3) is 3.19. The van der Waals surface area contributed by atoms with E-state index in [9.17, 15) is 9.59 Å². The summed E-state index contributed by atoms with van der Waals surface area (Å²) in [4.78, 5) is 28.3. The van der Waals surface area contributed by atoms with Gasteiger partial charge in [-0.1, -0.05) is 6.07 Å². The van der Waals surface area contributed by atoms with Gasteiger partial charge in [0, 0.05) is 26.2 Å². The molecule has 2 bridgehead atoms. The smallest absolute Gasteiger partial charge is 0.260 e. The molecule has 0 saturated carbocycles. The molecule has 0 N–H and O–H groups in total. The van der Waals surface area contributed by atoms with E-state index in [0.717, 1.165) is 18.4 Å². The molecular weight excluding hydrogens is 292 g/mol. The van der Waals surface area contributed by atoms with Gasteiger partial charge in [-0.15, -0.1) is 0 Å². The van der Waals surface area contributed by atoms with Crippen molar-refractivity contribution in [3.63, 3.8) is 0 Å². The topological polar surface area (TPSA) is 49.9 Å². The predicted molar refractivity (Wildman–Crippen MR) is 87.3 cm³/mol. The Balaban J connectivity index is 1.62. The quantitative estimate of drug-likeness (QED) is 0.854. The predicted octanol–water partition coefficient (Wildman–Crippen LogP) is 1.76. The van der Waals surface area contributed by atoms with Gasteiger partial charge in [-0.05, 0) is 49.9 Å². The average molecular weight is 316 g/mol. The fourth-order valence-corrected chi connectivity index (χ4v) is 3.40. The maximum atomic E-state index is 12.5. The summed E-state index contributed by atoms with van der Waals surface area (Å²) in [5.74, 6) is 0.798. The minimum Gasteiger partial charge on any atom is -0.484 e. The summed E-state index contributed by atoms with van der Waals surface area (Å²) >= 11 is 0. The molecule has 0 spiro atoms. The number of amides is 2. The minimum atomic E-state index is -0.0516. The van der Waals surface area contributed by atoms with Crippen molar-refractivity contribution in [1.29, 1.82) is 0 Å². The number of fused-ring (bicyclic) bond motifs is 4. The van der Waals surface area contributed by atoms with E-state index in [2.05, 4.69) is 0 Å². The lowest BCUT2D eigenvalue weighted by Crippen LogP contribution is -2.45. The highest BCUT2D eigenvalue weighted by Crippen LogP contribution is 2.28. The first-order valence-electron chi connectivity index (χ1n) is 8.20. The van der Waals surface area contributed by atoms with Gasteiger partial charge in [-0.25, -0.2) is 0 Å². The van der Waals surface area contributed by atoms with Gasteiger partial charge in [-0.3, -0.25) is 9.59 Å². The molecule has 3 heterocycles. The zero-order valence-electron chi connectivity index (χ0n) is 14.0. The van der Waals surface area contributed by atoms with Crippen molar-refractivity contribution in [3.05, 3.63) is 29.3 Å². The van der Waals surface area contributed by atoms with Gasteiger partial charge in [0.2, 0.25) is 5.91 Å². The van der Waals surface area contributed by atoms with Gasteiger partial charge in [0.15, 0.2) is 6.61 Å². The highest BCUT2D eigenvalue weighted by atomic mass is 16.5. The van der Waals surface area contributed by atoms with E-state index in [1.54, 1.807) is 4.90 Å². The van der Waals surface area contributed by atoms with Crippen LogP contribution in [0.4, 0.5) is 0 Å². The Morgan fingerprint density at radius 2 is 2.00 bits per heavy atom. The van der Waals surface area contributed by atoms with Crippen LogP contribution < -0.4 is 4.74 Å². The number of rotatable bonds is 3. The van der Waals surface area contributed by atoms with Crippen LogP contribution in [-0.2, 0) is 9.59 Å². The number of hydrogen-bond donors (Lipinski definition) is 0. The molecule has 0 aliphatic carbocycles. The Morgan fingerprint density at radius 1 is 1.22 bits per heavy atom. The Labute approximate surface area is 137 Å². The molecule has 4 rings (SSSR count). The lowest BCUT2D eigenvalue weighted by molar-refractivity contribution is -0.138. The van der Waals surface area contributed by atoms with Crippen molar-refractivity contribution >= 4 is 11.8 Å². The third-order valence-corrected chi connectivity index (χ3v) is 5.16. The second-order valence-corrected chi connectivity index (χ2v) is 6.71. The van der Waals surface area contributed by atoms with Crippen LogP contribution in [-0.4, -0.2) is 54.4 Å². The first-order chi connectivity index (χ1) is 11.0. The van der Waals surface area contributed by atoms with Crippen molar-refractivity contribution in [2.45, 2.75) is 32.7 Å². The van der Waals surface area contributed by atoms with Gasteiger partial charge in [0.25, 0.3) is 5.91 Å². The molecule has 0 radical (unpaired) electrons. The summed E-state index contributed by atoms with van der Waals surface area (Å²) in [6.45, 7) is 5.24. The molecule has 3 fully saturated rings. The molecule has 0 unspecified atom stereocenters. The summed E-state index contributed by atoms with van der Waals surface area (Å²) in [6.07, 6.45) is 1.87. The Hall–Kier alpha value is -2.04. The maximum absolute atomic E-state index is 12.5. The molecule has 3 aliphatic rings. The average Bonchev–Trinajstić information content (AvgIpc) is 2.82. The summed E-state index contributed by atoms with van der Waals surface area (Å²) in [7, 11) is 1.85. The lowest BCUT2D eigenvalue weighted by Gasteiger charge is -2.32. The summed E-state index contributed by atoms with van der Waals surface area (Å²) in [5.41, 5.74) is 2.35. The van der Waals surface area contributed by atoms with E-state index < -0.39 is 0 Å². The normalized spacial score (nSPS) is 23.9. The van der Waals surface area contributed by atoms with Crippen LogP contribution in [0.1, 0.15) is 24.0 Å². The van der Waals surface area contributed by atoms with Crippen molar-refractivity contribution in [2.24, 2.45) is 5.92 Å². The molecule has 5 nitrogen and oxygen atoms in total. The molecule has 3 aliphatic heterocycles. The highest BCUT2D eigenvalue weighted by molar-refractivity contribution is 5.83. The molecule has 2 amide bonds. The first kappa shape index (κ1) is 15.8. The number of ether oxygens (including phenoxy) is 1. The van der Waals surface area contributed by atoms with E-state index in [4.69, 9.17) is 4.74 Å². The zero-order valence-corrected chi connectivity index (χ0v) is 14.0. The standard InChI is InChI=1S/C18H24N2O3/c1-12-4-7-16(8-13(12)2)23-11-17(21)20-9-14-5-6-15(10-20)19(3)18(14)22/h4,7-8,14-15H,5-6,9-11H2,1-3H3/t14-,15+/m1/s1. The Bertz CT molecular complexity index is 629. The van der Waals surface area contributed by atoms with Gasteiger partial charge in [0.05, 0.1) is 5.92 Å². The second kappa shape index (κ2) is 6.22. The van der Waals surface area contributed by atoms with Gasteiger partial charge in [-0.2, -0.15) is 0 Å². The van der Waals surface area contributed by atoms with Crippen LogP contribution >= 0.6 is 0 Å². The number of aryl methyl sites for hydroxylation is 2. The molecule has 1 aromatic carbocycles. The van der Waals surface area contributed by atoms with Crippen molar-refractivity contribution < 1.29 is 14.3 Å². The molecule has 124 valence electrons. The molecule has 5 heteroatoms. The summed E-state index contributed by atoms with van der Waals surface area (Å²) in [6, 6.07) is 5.98. The van der Waals surface area contributed by atoms with Crippen LogP contribution in [0.2, 0.25) is 0 Å². The molecule has 1 aromatic rings. The van der Waals surface area contributed by atoms with Gasteiger partial charge >= 0.3 is 0 Å². The molecule has 23 heavy (non-hydrogen) atoms. The summed E-state index contributed by atoms with van der Waals surface area (Å²) < 4.78 is 5.65. The Kier molecular flexibility index (Phi) is 4.28. The third-order valence-electron chi connectivity index (χ3n) is 5.16. The number of benzene rings is 1. The van der Waals surface area contributed by atoms with Crippen LogP contribution in [0.25, 0.3) is 0 Å². The number of nitrogens with zero attached hydrogens (tertiary/aromatic N) is 2. The number of hydrogen-bond acceptors (Lipinski definition) is 3. The maximum Gasteiger partial charge on any atom is 0.260 e. The minimum absolute atomic E-state index is 0.0276. The van der Waals surface area contributed by atoms with E-state index >= 15 is 0 Å². The fourth-order valence-electron chi connectivity index (χ4n) is 3.40. The van der Waals surface area contributed by atoms with Gasteiger partial charge < -0.3 is 14.5 Å². The van der Waals surface area contributed by atoms with E-state index in [-0.39, 0.29) is 30.4 Å². The Morgan fingerprint density at radius 3 is 2.74 bits per heavy atom. The zero-order chi connectivity index (χ0) is 16.6. The van der Waals surface area contributed by atoms with E-state index in [0.29, 0.717) is 18.8 Å². The monoisotopic (exact) mass is 316 g/mol. The van der Waals surface area contributed by atoms with Crippen molar-refractivity contribution in [3.8, 4) is 5.75 Å². The van der Waals surface area contributed by atoms with E-state index in [1.165, 1.54) is 5.56 Å². The van der Waals surface area contributed by atoms with Gasteiger partial charge in [0.1, 0.15) is 5.75 Å². The molecular formula is C18H24N2O3. The largest absolute Gasteiger partial charge is 0.484 e. The van der Waals surface area contributed by atoms with Crippen LogP contribution in [0, 0.1) is 19.8 Å². The molecule has 0 aromatic heterocycles. The van der Waals surface area contributed by atoms with Crippen LogP contribution in [0.15, 0.2) is 18.2 Å². The first-order valence-corrected chi connectivity index (χ1v) is 8.20. The second-order valence-electron chi connectivity index (χ2n) is 6.71. The fraction of sp³-hybridized carbons (Fsp3) is 0.556. The van der Waals surface area contributed by atoms with Crippen molar-refractivity contribution in [1.82, 2.24) is 9.80 Å². The SMILES string of the molecule is Cc1ccc(OCC(=O)N2C[C@H]3CC[C@@H](C2)N(C)C3=O)cc1C. The molecule has 3 saturated heterocycles. The van der Waals surface area contributed by atoms with Crippen LogP contribution in [0.5, 0.6) is 5.75 Å². The van der Waals surface area contributed by atoms with Crippen LogP contribution in [0.3, 0.4) is 0 Å². The highest BCUT2D eigenvalue weighted by Gasteiger charge is 2.40. The van der Waals surface area contributed by atoms with E-state index in [1.807, 2.05) is 44.0 Å². The molecule has 2 atom stereocenters.